The van der Waals surface area contributed by atoms with Crippen LogP contribution in [0.1, 0.15) is 22.3 Å². The van der Waals surface area contributed by atoms with E-state index < -0.39 is 0 Å². The zero-order chi connectivity index (χ0) is 14.8. The topological polar surface area (TPSA) is 76.5 Å². The van der Waals surface area contributed by atoms with Crippen molar-refractivity contribution in [2.75, 3.05) is 19.6 Å². The van der Waals surface area contributed by atoms with Crippen molar-refractivity contribution in [3.05, 3.63) is 46.8 Å². The Morgan fingerprint density at radius 2 is 2.00 bits per heavy atom. The number of rotatable bonds is 7. The summed E-state index contributed by atoms with van der Waals surface area (Å²) in [6.45, 7) is 7.72. The number of benzene rings is 1. The molecule has 106 valence electrons. The van der Waals surface area contributed by atoms with E-state index in [0.29, 0.717) is 24.4 Å². The van der Waals surface area contributed by atoms with Crippen molar-refractivity contribution < 1.29 is 9.59 Å². The highest BCUT2D eigenvalue weighted by Crippen LogP contribution is 2.15. The van der Waals surface area contributed by atoms with Crippen molar-refractivity contribution in [1.29, 1.82) is 0 Å². The van der Waals surface area contributed by atoms with Crippen molar-refractivity contribution in [3.63, 3.8) is 0 Å². The van der Waals surface area contributed by atoms with Crippen molar-refractivity contribution in [2.24, 2.45) is 5.73 Å². The Kier molecular flexibility index (Phi) is 7.40. The van der Waals surface area contributed by atoms with Crippen LogP contribution in [0.25, 0.3) is 4.85 Å². The number of nitrogens with two attached hydrogens (primary N) is 1. The summed E-state index contributed by atoms with van der Waals surface area (Å²) >= 11 is 1.20. The number of nitrogens with one attached hydrogen (secondary N) is 1. The summed E-state index contributed by atoms with van der Waals surface area (Å²) in [7, 11) is 0. The second-order valence-electron chi connectivity index (χ2n) is 4.03. The van der Waals surface area contributed by atoms with Crippen molar-refractivity contribution in [1.82, 2.24) is 5.32 Å². The molecule has 3 N–H and O–H groups in total. The summed E-state index contributed by atoms with van der Waals surface area (Å²) < 4.78 is 0. The van der Waals surface area contributed by atoms with E-state index in [4.69, 9.17) is 12.3 Å². The Morgan fingerprint density at radius 1 is 1.30 bits per heavy atom. The van der Waals surface area contributed by atoms with E-state index in [2.05, 4.69) is 10.2 Å². The summed E-state index contributed by atoms with van der Waals surface area (Å²) in [5, 5.41) is 2.71. The van der Waals surface area contributed by atoms with Gasteiger partial charge < -0.3 is 15.9 Å². The molecule has 0 aromatic heterocycles. The second-order valence-corrected chi connectivity index (χ2v) is 5.07. The van der Waals surface area contributed by atoms with Crippen LogP contribution in [0.3, 0.4) is 0 Å². The van der Waals surface area contributed by atoms with Gasteiger partial charge in [0.25, 0.3) is 5.91 Å². The van der Waals surface area contributed by atoms with Gasteiger partial charge in [-0.2, -0.15) is 0 Å². The highest BCUT2D eigenvalue weighted by atomic mass is 32.2. The molecule has 1 rings (SSSR count). The molecule has 0 aliphatic rings. The molecule has 0 bridgehead atoms. The van der Waals surface area contributed by atoms with E-state index in [0.717, 1.165) is 5.56 Å². The fraction of sp³-hybridized carbons (Fsp3) is 0.357. The van der Waals surface area contributed by atoms with Gasteiger partial charge in [0.1, 0.15) is 0 Å². The lowest BCUT2D eigenvalue weighted by Crippen LogP contribution is -2.28. The molecular formula is C14H17N3O2S. The minimum Gasteiger partial charge on any atom is -0.351 e. The smallest absolute Gasteiger partial charge is 0.251 e. The molecule has 0 saturated heterocycles. The third kappa shape index (κ3) is 5.87. The molecular weight excluding hydrogens is 274 g/mol. The first-order valence-corrected chi connectivity index (χ1v) is 7.22. The minimum atomic E-state index is -0.150. The van der Waals surface area contributed by atoms with Crippen molar-refractivity contribution in [3.8, 4) is 0 Å². The van der Waals surface area contributed by atoms with Gasteiger partial charge in [-0.15, -0.1) is 0 Å². The summed E-state index contributed by atoms with van der Waals surface area (Å²) in [4.78, 5) is 26.2. The van der Waals surface area contributed by atoms with E-state index in [1.807, 2.05) is 12.1 Å². The maximum absolute atomic E-state index is 11.6. The molecule has 0 unspecified atom stereocenters. The van der Waals surface area contributed by atoms with Gasteiger partial charge in [-0.05, 0) is 17.7 Å². The lowest BCUT2D eigenvalue weighted by atomic mass is 10.1. The van der Waals surface area contributed by atoms with Gasteiger partial charge in [0.15, 0.2) is 5.12 Å². The number of hydrogen-bond acceptors (Lipinski definition) is 4. The standard InChI is InChI=1S/C14H17N3O2S/c1-16-8-6-13(18)20-10-11-2-4-12(5-3-11)14(19)17-9-7-15/h2-5H,6-10,15H2,(H,17,19). The Hall–Kier alpha value is -1.84. The number of hydrogen-bond donors (Lipinski definition) is 2. The van der Waals surface area contributed by atoms with Crippen molar-refractivity contribution in [2.45, 2.75) is 12.2 Å². The molecule has 0 atom stereocenters. The average Bonchev–Trinajstić information content (AvgIpc) is 2.49. The summed E-state index contributed by atoms with van der Waals surface area (Å²) in [6.07, 6.45) is 0.285. The minimum absolute atomic E-state index is 0.0192. The molecule has 0 aliphatic carbocycles. The van der Waals surface area contributed by atoms with Gasteiger partial charge in [-0.25, -0.2) is 6.57 Å². The van der Waals surface area contributed by atoms with Gasteiger partial charge >= 0.3 is 0 Å². The third-order valence-electron chi connectivity index (χ3n) is 2.47. The SMILES string of the molecule is [C-]#[N+]CCC(=O)SCc1ccc(C(=O)NCCN)cc1. The van der Waals surface area contributed by atoms with Crippen LogP contribution in [0, 0.1) is 6.57 Å². The molecule has 0 radical (unpaired) electrons. The molecule has 6 heteroatoms. The molecule has 0 spiro atoms. The predicted molar refractivity (Wildman–Crippen MR) is 80.2 cm³/mol. The molecule has 1 amide bonds. The lowest BCUT2D eigenvalue weighted by Gasteiger charge is -2.04. The molecule has 20 heavy (non-hydrogen) atoms. The Labute approximate surface area is 122 Å². The fourth-order valence-corrected chi connectivity index (χ4v) is 2.18. The first kappa shape index (κ1) is 16.2. The zero-order valence-electron chi connectivity index (χ0n) is 11.1. The van der Waals surface area contributed by atoms with Crippen molar-refractivity contribution >= 4 is 22.8 Å². The van der Waals surface area contributed by atoms with Crippen LogP contribution in [-0.4, -0.2) is 30.7 Å². The van der Waals surface area contributed by atoms with Crippen LogP contribution in [0.2, 0.25) is 0 Å². The Balaban J connectivity index is 2.44. The largest absolute Gasteiger partial charge is 0.351 e. The summed E-state index contributed by atoms with van der Waals surface area (Å²) in [5.41, 5.74) is 6.86. The highest BCUT2D eigenvalue weighted by Gasteiger charge is 2.07. The number of thioether (sulfide) groups is 1. The lowest BCUT2D eigenvalue weighted by molar-refractivity contribution is -0.110. The normalized spacial score (nSPS) is 9.80. The van der Waals surface area contributed by atoms with E-state index in [1.165, 1.54) is 11.8 Å². The van der Waals surface area contributed by atoms with Crippen LogP contribution in [0.5, 0.6) is 0 Å². The number of carbonyl (C=O) groups is 2. The monoisotopic (exact) mass is 291 g/mol. The van der Waals surface area contributed by atoms with E-state index in [-0.39, 0.29) is 24.0 Å². The van der Waals surface area contributed by atoms with Crippen LogP contribution in [0.4, 0.5) is 0 Å². The number of amides is 1. The van der Waals surface area contributed by atoms with Gasteiger partial charge in [0, 0.05) is 24.4 Å². The number of nitrogens with zero attached hydrogens (tertiary/aromatic N) is 1. The second kappa shape index (κ2) is 9.13. The van der Waals surface area contributed by atoms with Gasteiger partial charge in [-0.3, -0.25) is 9.59 Å². The van der Waals surface area contributed by atoms with E-state index in [9.17, 15) is 9.59 Å². The number of carbonyl (C=O) groups excluding carboxylic acids is 2. The first-order valence-electron chi connectivity index (χ1n) is 6.23. The van der Waals surface area contributed by atoms with Gasteiger partial charge in [0.05, 0.1) is 6.42 Å². The first-order chi connectivity index (χ1) is 9.67. The fourth-order valence-electron chi connectivity index (χ4n) is 1.42. The van der Waals surface area contributed by atoms with Crippen LogP contribution >= 0.6 is 11.8 Å². The molecule has 0 heterocycles. The quantitative estimate of drug-likeness (QED) is 0.745. The highest BCUT2D eigenvalue weighted by molar-refractivity contribution is 8.12. The molecule has 0 fully saturated rings. The van der Waals surface area contributed by atoms with Gasteiger partial charge in [0.2, 0.25) is 6.54 Å². The molecule has 1 aromatic carbocycles. The van der Waals surface area contributed by atoms with E-state index in [1.54, 1.807) is 12.1 Å². The third-order valence-corrected chi connectivity index (χ3v) is 3.48. The maximum atomic E-state index is 11.6. The molecule has 1 aromatic rings. The maximum Gasteiger partial charge on any atom is 0.251 e. The van der Waals surface area contributed by atoms with Gasteiger partial charge in [-0.1, -0.05) is 23.9 Å². The average molecular weight is 291 g/mol. The molecule has 5 nitrogen and oxygen atoms in total. The van der Waals surface area contributed by atoms with E-state index >= 15 is 0 Å². The summed E-state index contributed by atoms with van der Waals surface area (Å²) in [6, 6.07) is 7.11. The van der Waals surface area contributed by atoms with Crippen LogP contribution < -0.4 is 11.1 Å². The predicted octanol–water partition coefficient (Wildman–Crippen LogP) is 1.44. The summed E-state index contributed by atoms with van der Waals surface area (Å²) in [5.74, 6) is 0.407. The Morgan fingerprint density at radius 3 is 2.60 bits per heavy atom. The zero-order valence-corrected chi connectivity index (χ0v) is 11.9. The Bertz CT molecular complexity index is 494. The van der Waals surface area contributed by atoms with Crippen LogP contribution in [-0.2, 0) is 10.5 Å². The molecule has 0 aliphatic heterocycles. The van der Waals surface area contributed by atoms with Crippen LogP contribution in [0.15, 0.2) is 24.3 Å². The molecule has 0 saturated carbocycles.